The number of ether oxygens (including phenoxy) is 3. The lowest BCUT2D eigenvalue weighted by Crippen LogP contribution is -2.71. The topological polar surface area (TPSA) is 71.5 Å². The SMILES string of the molecule is CCOC(=O)C1CCC(OC(C(=O)OC(C)(C)C)(N2CCCC2)N2C[C@@H]3C[C@H]2CN3C2CC2)CC1. The molecule has 0 N–H and O–H groups in total. The fourth-order valence-corrected chi connectivity index (χ4v) is 6.81. The molecular weight excluding hydrogens is 446 g/mol. The van der Waals surface area contributed by atoms with Gasteiger partial charge < -0.3 is 14.2 Å². The summed E-state index contributed by atoms with van der Waals surface area (Å²) < 4.78 is 18.4. The molecule has 198 valence electrons. The highest BCUT2D eigenvalue weighted by Crippen LogP contribution is 2.45. The first kappa shape index (κ1) is 25.4. The molecule has 0 aromatic heterocycles. The van der Waals surface area contributed by atoms with Crippen LogP contribution in [0.25, 0.3) is 0 Å². The van der Waals surface area contributed by atoms with Crippen molar-refractivity contribution < 1.29 is 23.8 Å². The van der Waals surface area contributed by atoms with Crippen molar-refractivity contribution in [1.82, 2.24) is 14.7 Å². The average Bonchev–Trinajstić information content (AvgIpc) is 3.19. The van der Waals surface area contributed by atoms with Gasteiger partial charge in [0, 0.05) is 44.3 Å². The molecule has 0 amide bonds. The van der Waals surface area contributed by atoms with Crippen LogP contribution in [0, 0.1) is 5.92 Å². The van der Waals surface area contributed by atoms with E-state index in [0.717, 1.165) is 77.2 Å². The number of likely N-dealkylation sites (tertiary alicyclic amines) is 3. The Bertz CT molecular complexity index is 782. The van der Waals surface area contributed by atoms with Crippen LogP contribution < -0.4 is 0 Å². The van der Waals surface area contributed by atoms with E-state index in [2.05, 4.69) is 14.7 Å². The molecule has 3 saturated heterocycles. The van der Waals surface area contributed by atoms with Gasteiger partial charge in [0.1, 0.15) is 5.60 Å². The predicted octanol–water partition coefficient (Wildman–Crippen LogP) is 3.14. The number of carbonyl (C=O) groups excluding carboxylic acids is 2. The van der Waals surface area contributed by atoms with Crippen LogP contribution in [0.15, 0.2) is 0 Å². The third-order valence-corrected chi connectivity index (χ3v) is 8.51. The number of piperazine rings is 1. The van der Waals surface area contributed by atoms with Crippen molar-refractivity contribution >= 4 is 11.9 Å². The third kappa shape index (κ3) is 5.13. The summed E-state index contributed by atoms with van der Waals surface area (Å²) in [7, 11) is 0. The van der Waals surface area contributed by atoms with Gasteiger partial charge in [0.25, 0.3) is 5.85 Å². The van der Waals surface area contributed by atoms with Crippen molar-refractivity contribution in [1.29, 1.82) is 0 Å². The second kappa shape index (κ2) is 9.92. The van der Waals surface area contributed by atoms with Gasteiger partial charge in [-0.1, -0.05) is 0 Å². The van der Waals surface area contributed by atoms with Crippen LogP contribution in [-0.4, -0.2) is 95.1 Å². The van der Waals surface area contributed by atoms with Crippen LogP contribution in [0.1, 0.15) is 85.5 Å². The van der Waals surface area contributed by atoms with E-state index in [4.69, 9.17) is 14.2 Å². The highest BCUT2D eigenvalue weighted by Gasteiger charge is 2.62. The van der Waals surface area contributed by atoms with Gasteiger partial charge in [0.15, 0.2) is 0 Å². The van der Waals surface area contributed by atoms with Gasteiger partial charge in [-0.3, -0.25) is 14.6 Å². The number of fused-ring (bicyclic) bond motifs is 2. The molecule has 2 saturated carbocycles. The van der Waals surface area contributed by atoms with Crippen molar-refractivity contribution in [3.8, 4) is 0 Å². The van der Waals surface area contributed by atoms with Crippen LogP contribution in [0.3, 0.4) is 0 Å². The maximum absolute atomic E-state index is 14.2. The fraction of sp³-hybridized carbons (Fsp3) is 0.926. The second-order valence-electron chi connectivity index (χ2n) is 12.3. The molecule has 5 fully saturated rings. The van der Waals surface area contributed by atoms with Crippen LogP contribution in [-0.2, 0) is 23.8 Å². The summed E-state index contributed by atoms with van der Waals surface area (Å²) in [5.41, 5.74) is -0.591. The lowest BCUT2D eigenvalue weighted by molar-refractivity contribution is -0.283. The van der Waals surface area contributed by atoms with Crippen molar-refractivity contribution in [3.63, 3.8) is 0 Å². The summed E-state index contributed by atoms with van der Waals surface area (Å²) >= 11 is 0. The van der Waals surface area contributed by atoms with E-state index in [-0.39, 0.29) is 24.0 Å². The first-order valence-electron chi connectivity index (χ1n) is 14.1. The summed E-state index contributed by atoms with van der Waals surface area (Å²) in [6.07, 6.45) is 8.81. The smallest absolute Gasteiger partial charge is 0.371 e. The third-order valence-electron chi connectivity index (χ3n) is 8.51. The number of rotatable bonds is 8. The number of nitrogens with zero attached hydrogens (tertiary/aromatic N) is 3. The van der Waals surface area contributed by atoms with Crippen LogP contribution in [0.2, 0.25) is 0 Å². The molecule has 0 radical (unpaired) electrons. The normalized spacial score (nSPS) is 34.2. The fourth-order valence-electron chi connectivity index (χ4n) is 6.81. The Labute approximate surface area is 210 Å². The van der Waals surface area contributed by atoms with Crippen LogP contribution >= 0.6 is 0 Å². The van der Waals surface area contributed by atoms with Gasteiger partial charge >= 0.3 is 11.9 Å². The van der Waals surface area contributed by atoms with Gasteiger partial charge in [-0.05, 0) is 85.5 Å². The Morgan fingerprint density at radius 3 is 2.11 bits per heavy atom. The molecule has 8 heteroatoms. The zero-order chi connectivity index (χ0) is 24.8. The minimum atomic E-state index is -1.18. The minimum Gasteiger partial charge on any atom is -0.466 e. The van der Waals surface area contributed by atoms with E-state index in [1.165, 1.54) is 12.8 Å². The van der Waals surface area contributed by atoms with Gasteiger partial charge in [-0.2, -0.15) is 0 Å². The maximum Gasteiger partial charge on any atom is 0.371 e. The largest absolute Gasteiger partial charge is 0.466 e. The molecular formula is C27H45N3O5. The average molecular weight is 492 g/mol. The molecule has 1 unspecified atom stereocenters. The molecule has 2 bridgehead atoms. The van der Waals surface area contributed by atoms with E-state index in [1.54, 1.807) is 0 Å². The molecule has 35 heavy (non-hydrogen) atoms. The number of carbonyl (C=O) groups is 2. The zero-order valence-corrected chi connectivity index (χ0v) is 22.2. The van der Waals surface area contributed by atoms with Crippen molar-refractivity contribution in [2.24, 2.45) is 5.92 Å². The number of hydrogen-bond acceptors (Lipinski definition) is 8. The van der Waals surface area contributed by atoms with Gasteiger partial charge in [0.05, 0.1) is 18.6 Å². The molecule has 3 aliphatic heterocycles. The molecule has 0 aromatic rings. The highest BCUT2D eigenvalue weighted by molar-refractivity contribution is 5.79. The van der Waals surface area contributed by atoms with E-state index in [9.17, 15) is 9.59 Å². The molecule has 3 heterocycles. The molecule has 2 aliphatic carbocycles. The Morgan fingerprint density at radius 1 is 0.886 bits per heavy atom. The van der Waals surface area contributed by atoms with Crippen molar-refractivity contribution in [3.05, 3.63) is 0 Å². The standard InChI is InChI=1S/C27H45N3O5/c1-5-33-24(31)19-8-12-23(13-9-19)34-27(28-14-6-7-15-28,25(32)35-26(2,3)4)30-18-21-16-22(30)17-29(21)20-10-11-20/h19-23H,5-18H2,1-4H3/t19?,21-,22-,23?,27?/m0/s1. The minimum absolute atomic E-state index is 0.0626. The predicted molar refractivity (Wildman–Crippen MR) is 131 cm³/mol. The van der Waals surface area contributed by atoms with Crippen molar-refractivity contribution in [2.45, 2.75) is 121 Å². The highest BCUT2D eigenvalue weighted by atomic mass is 16.6. The summed E-state index contributed by atoms with van der Waals surface area (Å²) in [5.74, 6) is -1.60. The summed E-state index contributed by atoms with van der Waals surface area (Å²) in [6.45, 7) is 11.7. The number of esters is 2. The number of hydrogen-bond donors (Lipinski definition) is 0. The molecule has 3 atom stereocenters. The Morgan fingerprint density at radius 2 is 1.57 bits per heavy atom. The zero-order valence-electron chi connectivity index (χ0n) is 22.2. The molecule has 8 nitrogen and oxygen atoms in total. The van der Waals surface area contributed by atoms with E-state index < -0.39 is 11.4 Å². The van der Waals surface area contributed by atoms with Gasteiger partial charge in [0.2, 0.25) is 0 Å². The Balaban J connectivity index is 1.39. The molecule has 5 aliphatic rings. The maximum atomic E-state index is 14.2. The monoisotopic (exact) mass is 491 g/mol. The van der Waals surface area contributed by atoms with E-state index in [0.29, 0.717) is 18.7 Å². The molecule has 0 spiro atoms. The summed E-state index contributed by atoms with van der Waals surface area (Å²) in [6, 6.07) is 1.55. The molecule has 0 aromatic carbocycles. The lowest BCUT2D eigenvalue weighted by atomic mass is 9.87. The van der Waals surface area contributed by atoms with Gasteiger partial charge in [-0.25, -0.2) is 9.69 Å². The first-order chi connectivity index (χ1) is 16.7. The summed E-state index contributed by atoms with van der Waals surface area (Å²) in [5, 5.41) is 0. The molecule has 5 rings (SSSR count). The van der Waals surface area contributed by atoms with Crippen LogP contribution in [0.4, 0.5) is 0 Å². The Kier molecular flexibility index (Phi) is 7.21. The lowest BCUT2D eigenvalue weighted by Gasteiger charge is -2.51. The summed E-state index contributed by atoms with van der Waals surface area (Å²) in [4.78, 5) is 33.8. The Hall–Kier alpha value is -1.22. The van der Waals surface area contributed by atoms with E-state index >= 15 is 0 Å². The van der Waals surface area contributed by atoms with Crippen molar-refractivity contribution in [2.75, 3.05) is 32.8 Å². The first-order valence-corrected chi connectivity index (χ1v) is 14.1. The second-order valence-corrected chi connectivity index (χ2v) is 12.3. The van der Waals surface area contributed by atoms with Crippen LogP contribution in [0.5, 0.6) is 0 Å². The van der Waals surface area contributed by atoms with Gasteiger partial charge in [-0.15, -0.1) is 0 Å². The van der Waals surface area contributed by atoms with E-state index in [1.807, 2.05) is 27.7 Å². The quantitative estimate of drug-likeness (QED) is 0.480.